The summed E-state index contributed by atoms with van der Waals surface area (Å²) in [4.78, 5) is 16.8. The number of ether oxygens (including phenoxy) is 1. The molecule has 1 fully saturated rings. The number of hydrogen-bond donors (Lipinski definition) is 0. The zero-order chi connectivity index (χ0) is 20.8. The summed E-state index contributed by atoms with van der Waals surface area (Å²) in [6.07, 6.45) is 0. The predicted octanol–water partition coefficient (Wildman–Crippen LogP) is 3.92. The Hall–Kier alpha value is -3.06. The van der Waals surface area contributed by atoms with Gasteiger partial charge in [0.15, 0.2) is 11.3 Å². The Morgan fingerprint density at radius 1 is 0.967 bits per heavy atom. The molecule has 0 spiro atoms. The minimum Gasteiger partial charge on any atom is -0.378 e. The quantitative estimate of drug-likeness (QED) is 0.517. The first kappa shape index (κ1) is 18.9. The van der Waals surface area contributed by atoms with Gasteiger partial charge in [0, 0.05) is 30.0 Å². The van der Waals surface area contributed by atoms with Gasteiger partial charge in [-0.15, -0.1) is 5.10 Å². The smallest absolute Gasteiger partial charge is 0.228 e. The Kier molecular flexibility index (Phi) is 4.62. The number of benzene rings is 1. The second kappa shape index (κ2) is 7.32. The fraction of sp³-hybridized carbons (Fsp3) is 0.391. The molecule has 0 unspecified atom stereocenters. The fourth-order valence-corrected chi connectivity index (χ4v) is 4.02. The van der Waals surface area contributed by atoms with Gasteiger partial charge in [-0.2, -0.15) is 4.98 Å². The van der Waals surface area contributed by atoms with Gasteiger partial charge in [0.1, 0.15) is 0 Å². The van der Waals surface area contributed by atoms with E-state index in [2.05, 4.69) is 43.0 Å². The van der Waals surface area contributed by atoms with Crippen LogP contribution in [-0.2, 0) is 4.74 Å². The van der Waals surface area contributed by atoms with Crippen LogP contribution in [-0.4, -0.2) is 50.9 Å². The van der Waals surface area contributed by atoms with Crippen molar-refractivity contribution >= 4 is 22.6 Å². The van der Waals surface area contributed by atoms with Gasteiger partial charge in [0.25, 0.3) is 0 Å². The third-order valence-electron chi connectivity index (χ3n) is 5.68. The number of fused-ring (bicyclic) bond motifs is 3. The third kappa shape index (κ3) is 3.19. The standard InChI is InChI=1S/C23H26N6O/c1-14(2)17-5-7-18(8-6-17)20-19-21(26-23(25-20)28-9-11-30-12-10-28)27-29-16(4)13-15(3)24-22(19)29/h5-8,13-14H,9-12H2,1-4H3. The van der Waals surface area contributed by atoms with Gasteiger partial charge in [-0.05, 0) is 31.4 Å². The van der Waals surface area contributed by atoms with Crippen molar-refractivity contribution in [3.63, 3.8) is 0 Å². The zero-order valence-electron chi connectivity index (χ0n) is 17.9. The first-order valence-corrected chi connectivity index (χ1v) is 10.5. The van der Waals surface area contributed by atoms with Gasteiger partial charge in [-0.3, -0.25) is 0 Å². The molecule has 4 heterocycles. The molecule has 0 N–H and O–H groups in total. The molecule has 0 atom stereocenters. The van der Waals surface area contributed by atoms with E-state index in [0.717, 1.165) is 46.8 Å². The molecule has 0 saturated carbocycles. The molecule has 7 nitrogen and oxygen atoms in total. The highest BCUT2D eigenvalue weighted by molar-refractivity contribution is 6.01. The first-order chi connectivity index (χ1) is 14.5. The van der Waals surface area contributed by atoms with E-state index < -0.39 is 0 Å². The van der Waals surface area contributed by atoms with Crippen LogP contribution in [0.1, 0.15) is 36.7 Å². The second-order valence-corrected chi connectivity index (χ2v) is 8.22. The maximum Gasteiger partial charge on any atom is 0.228 e. The average molecular weight is 403 g/mol. The molecule has 4 aromatic rings. The van der Waals surface area contributed by atoms with Gasteiger partial charge in [0.05, 0.1) is 24.3 Å². The average Bonchev–Trinajstić information content (AvgIpc) is 3.13. The summed E-state index contributed by atoms with van der Waals surface area (Å²) in [5.74, 6) is 1.18. The topological polar surface area (TPSA) is 68.4 Å². The maximum atomic E-state index is 5.51. The van der Waals surface area contributed by atoms with Gasteiger partial charge in [0.2, 0.25) is 5.95 Å². The Labute approximate surface area is 175 Å². The van der Waals surface area contributed by atoms with Crippen LogP contribution in [0.15, 0.2) is 30.3 Å². The highest BCUT2D eigenvalue weighted by Gasteiger charge is 2.22. The third-order valence-corrected chi connectivity index (χ3v) is 5.68. The van der Waals surface area contributed by atoms with Crippen molar-refractivity contribution in [1.82, 2.24) is 24.6 Å². The number of rotatable bonds is 3. The molecule has 0 amide bonds. The van der Waals surface area contributed by atoms with Crippen molar-refractivity contribution in [3.8, 4) is 11.3 Å². The van der Waals surface area contributed by atoms with Crippen LogP contribution >= 0.6 is 0 Å². The Bertz CT molecular complexity index is 1220. The summed E-state index contributed by atoms with van der Waals surface area (Å²) in [7, 11) is 0. The minimum atomic E-state index is 0.484. The molecule has 30 heavy (non-hydrogen) atoms. The summed E-state index contributed by atoms with van der Waals surface area (Å²) in [6, 6.07) is 10.7. The van der Waals surface area contributed by atoms with E-state index >= 15 is 0 Å². The van der Waals surface area contributed by atoms with E-state index in [0.29, 0.717) is 30.7 Å². The maximum absolute atomic E-state index is 5.51. The minimum absolute atomic E-state index is 0.484. The van der Waals surface area contributed by atoms with Gasteiger partial charge in [-0.25, -0.2) is 14.5 Å². The van der Waals surface area contributed by atoms with E-state index in [4.69, 9.17) is 24.8 Å². The van der Waals surface area contributed by atoms with Crippen molar-refractivity contribution in [1.29, 1.82) is 0 Å². The number of aryl methyl sites for hydroxylation is 2. The molecule has 1 aliphatic heterocycles. The lowest BCUT2D eigenvalue weighted by molar-refractivity contribution is 0.122. The number of morpholine rings is 1. The lowest BCUT2D eigenvalue weighted by Gasteiger charge is -2.27. The van der Waals surface area contributed by atoms with Crippen molar-refractivity contribution in [3.05, 3.63) is 47.3 Å². The van der Waals surface area contributed by atoms with E-state index in [1.807, 2.05) is 24.4 Å². The largest absolute Gasteiger partial charge is 0.378 e. The molecule has 1 saturated heterocycles. The summed E-state index contributed by atoms with van der Waals surface area (Å²) < 4.78 is 7.39. The molecule has 3 aromatic heterocycles. The predicted molar refractivity (Wildman–Crippen MR) is 118 cm³/mol. The van der Waals surface area contributed by atoms with Gasteiger partial charge < -0.3 is 9.64 Å². The molecule has 0 radical (unpaired) electrons. The number of anilines is 1. The van der Waals surface area contributed by atoms with Crippen molar-refractivity contribution in [2.24, 2.45) is 0 Å². The number of aromatic nitrogens is 5. The summed E-state index contributed by atoms with van der Waals surface area (Å²) >= 11 is 0. The van der Waals surface area contributed by atoms with Crippen LogP contribution < -0.4 is 4.90 Å². The Morgan fingerprint density at radius 3 is 2.40 bits per heavy atom. The molecule has 0 aliphatic carbocycles. The normalized spacial score (nSPS) is 14.9. The van der Waals surface area contributed by atoms with Crippen LogP contribution in [0.2, 0.25) is 0 Å². The van der Waals surface area contributed by atoms with Crippen molar-refractivity contribution in [2.75, 3.05) is 31.2 Å². The second-order valence-electron chi connectivity index (χ2n) is 8.22. The highest BCUT2D eigenvalue weighted by atomic mass is 16.5. The summed E-state index contributed by atoms with van der Waals surface area (Å²) in [6.45, 7) is 11.4. The van der Waals surface area contributed by atoms with E-state index in [1.54, 1.807) is 0 Å². The monoisotopic (exact) mass is 402 g/mol. The van der Waals surface area contributed by atoms with E-state index in [1.165, 1.54) is 5.56 Å². The molecule has 0 bridgehead atoms. The van der Waals surface area contributed by atoms with E-state index in [9.17, 15) is 0 Å². The molecular formula is C23H26N6O. The lowest BCUT2D eigenvalue weighted by atomic mass is 10.00. The van der Waals surface area contributed by atoms with Gasteiger partial charge >= 0.3 is 0 Å². The lowest BCUT2D eigenvalue weighted by Crippen LogP contribution is -2.37. The summed E-state index contributed by atoms with van der Waals surface area (Å²) in [5.41, 5.74) is 6.71. The highest BCUT2D eigenvalue weighted by Crippen LogP contribution is 2.32. The molecule has 1 aromatic carbocycles. The van der Waals surface area contributed by atoms with Crippen molar-refractivity contribution in [2.45, 2.75) is 33.6 Å². The first-order valence-electron chi connectivity index (χ1n) is 10.5. The zero-order valence-corrected chi connectivity index (χ0v) is 17.9. The number of hydrogen-bond acceptors (Lipinski definition) is 6. The molecule has 7 heteroatoms. The Morgan fingerprint density at radius 2 is 1.70 bits per heavy atom. The fourth-order valence-electron chi connectivity index (χ4n) is 4.02. The number of nitrogens with zero attached hydrogens (tertiary/aromatic N) is 6. The molecule has 1 aliphatic rings. The molecule has 5 rings (SSSR count). The van der Waals surface area contributed by atoms with Crippen LogP contribution in [0, 0.1) is 13.8 Å². The Balaban J connectivity index is 1.78. The van der Waals surface area contributed by atoms with E-state index in [-0.39, 0.29) is 0 Å². The van der Waals surface area contributed by atoms with Crippen LogP contribution in [0.4, 0.5) is 5.95 Å². The van der Waals surface area contributed by atoms with Crippen molar-refractivity contribution < 1.29 is 4.74 Å². The molecule has 154 valence electrons. The summed E-state index contributed by atoms with van der Waals surface area (Å²) in [5, 5.41) is 5.69. The SMILES string of the molecule is Cc1cc(C)n2nc3nc(N4CCOCC4)nc(-c4ccc(C(C)C)cc4)c3c2n1. The molecular weight excluding hydrogens is 376 g/mol. The van der Waals surface area contributed by atoms with Crippen LogP contribution in [0.3, 0.4) is 0 Å². The van der Waals surface area contributed by atoms with Crippen LogP contribution in [0.25, 0.3) is 27.9 Å². The van der Waals surface area contributed by atoms with Gasteiger partial charge in [-0.1, -0.05) is 38.1 Å². The van der Waals surface area contributed by atoms with Crippen LogP contribution in [0.5, 0.6) is 0 Å².